The standard InChI is InChI=1S/C29H27N5O5/c35-19-8-9-22-20(13-19)21(15-30-22)26(29(38)39)33-28(37)16-6-10-24-23(12-16)32-27(17-7-11-25(36)31-14-17)34(24)18-4-2-1-3-5-18/h6-15,18,26,30,35H,1-5H2,(H,31,36)(H,33,37)(H,38,39)/t26-/m0/s1. The number of pyridine rings is 1. The summed E-state index contributed by atoms with van der Waals surface area (Å²) in [5.41, 5.74) is 3.32. The molecule has 1 aliphatic carbocycles. The van der Waals surface area contributed by atoms with E-state index in [2.05, 4.69) is 19.9 Å². The molecule has 1 fully saturated rings. The van der Waals surface area contributed by atoms with Crippen LogP contribution in [0.1, 0.15) is 60.1 Å². The molecule has 39 heavy (non-hydrogen) atoms. The fraction of sp³-hybridized carbons (Fsp3) is 0.241. The maximum atomic E-state index is 13.3. The molecule has 0 saturated heterocycles. The number of carbonyl (C=O) groups excluding carboxylic acids is 1. The first-order valence-corrected chi connectivity index (χ1v) is 12.9. The highest BCUT2D eigenvalue weighted by atomic mass is 16.4. The molecule has 1 aliphatic rings. The van der Waals surface area contributed by atoms with Gasteiger partial charge in [0.1, 0.15) is 11.6 Å². The van der Waals surface area contributed by atoms with E-state index in [-0.39, 0.29) is 22.9 Å². The number of aromatic amines is 2. The van der Waals surface area contributed by atoms with E-state index in [1.807, 2.05) is 6.07 Å². The normalized spacial score (nSPS) is 15.0. The number of aliphatic carboxylic acids is 1. The van der Waals surface area contributed by atoms with Crippen LogP contribution in [-0.4, -0.2) is 41.6 Å². The van der Waals surface area contributed by atoms with Crippen molar-refractivity contribution in [3.8, 4) is 17.1 Å². The van der Waals surface area contributed by atoms with Gasteiger partial charge in [0, 0.05) is 52.1 Å². The quantitative estimate of drug-likeness (QED) is 0.218. The molecule has 198 valence electrons. The van der Waals surface area contributed by atoms with Gasteiger partial charge in [0.2, 0.25) is 5.56 Å². The first-order chi connectivity index (χ1) is 18.9. The maximum Gasteiger partial charge on any atom is 0.331 e. The van der Waals surface area contributed by atoms with Crippen molar-refractivity contribution in [2.75, 3.05) is 0 Å². The van der Waals surface area contributed by atoms with Gasteiger partial charge in [0.25, 0.3) is 5.91 Å². The van der Waals surface area contributed by atoms with E-state index in [1.165, 1.54) is 30.8 Å². The molecule has 3 heterocycles. The van der Waals surface area contributed by atoms with E-state index in [0.717, 1.165) is 36.8 Å². The topological polar surface area (TPSA) is 153 Å². The minimum absolute atomic E-state index is 0.00360. The molecule has 0 spiro atoms. The zero-order valence-corrected chi connectivity index (χ0v) is 21.0. The van der Waals surface area contributed by atoms with Crippen molar-refractivity contribution >= 4 is 33.8 Å². The number of aromatic hydroxyl groups is 1. The van der Waals surface area contributed by atoms with Crippen LogP contribution in [0.4, 0.5) is 0 Å². The number of nitrogens with zero attached hydrogens (tertiary/aromatic N) is 2. The van der Waals surface area contributed by atoms with Gasteiger partial charge < -0.3 is 30.1 Å². The number of phenols is 1. The molecule has 5 aromatic rings. The molecule has 0 unspecified atom stereocenters. The number of nitrogens with one attached hydrogen (secondary N) is 3. The summed E-state index contributed by atoms with van der Waals surface area (Å²) in [6, 6.07) is 11.9. The van der Waals surface area contributed by atoms with Crippen LogP contribution in [0.5, 0.6) is 5.75 Å². The highest BCUT2D eigenvalue weighted by Crippen LogP contribution is 2.36. The van der Waals surface area contributed by atoms with E-state index in [4.69, 9.17) is 4.98 Å². The Kier molecular flexibility index (Phi) is 6.14. The zero-order chi connectivity index (χ0) is 27.1. The number of carboxylic acid groups (broad SMARTS) is 1. The van der Waals surface area contributed by atoms with E-state index < -0.39 is 17.9 Å². The number of rotatable bonds is 6. The lowest BCUT2D eigenvalue weighted by molar-refractivity contribution is -0.139. The van der Waals surface area contributed by atoms with Crippen LogP contribution in [-0.2, 0) is 4.79 Å². The molecule has 10 nitrogen and oxygen atoms in total. The average Bonchev–Trinajstić information content (AvgIpc) is 3.53. The molecule has 6 rings (SSSR count). The summed E-state index contributed by atoms with van der Waals surface area (Å²) in [5, 5.41) is 23.0. The number of amides is 1. The van der Waals surface area contributed by atoms with Gasteiger partial charge in [-0.05, 0) is 55.3 Å². The number of carboxylic acids is 1. The SMILES string of the molecule is O=C(N[C@H](C(=O)O)c1c[nH]c2ccc(O)cc12)c1ccc2c(c1)nc(-c1ccc(=O)[nH]c1)n2C1CCCCC1. The molecular formula is C29H27N5O5. The van der Waals surface area contributed by atoms with Crippen molar-refractivity contribution in [3.05, 3.63) is 82.4 Å². The fourth-order valence-electron chi connectivity index (χ4n) is 5.56. The second-order valence-electron chi connectivity index (χ2n) is 9.96. The number of H-pyrrole nitrogens is 2. The van der Waals surface area contributed by atoms with E-state index in [9.17, 15) is 24.6 Å². The molecular weight excluding hydrogens is 498 g/mol. The second-order valence-corrected chi connectivity index (χ2v) is 9.96. The summed E-state index contributed by atoms with van der Waals surface area (Å²) >= 11 is 0. The van der Waals surface area contributed by atoms with Crippen LogP contribution in [0.3, 0.4) is 0 Å². The summed E-state index contributed by atoms with van der Waals surface area (Å²) in [6.45, 7) is 0. The number of hydrogen-bond acceptors (Lipinski definition) is 5. The summed E-state index contributed by atoms with van der Waals surface area (Å²) in [6.07, 6.45) is 8.65. The van der Waals surface area contributed by atoms with Crippen LogP contribution in [0.25, 0.3) is 33.3 Å². The second kappa shape index (κ2) is 9.79. The van der Waals surface area contributed by atoms with E-state index >= 15 is 0 Å². The van der Waals surface area contributed by atoms with Gasteiger partial charge in [-0.2, -0.15) is 0 Å². The summed E-state index contributed by atoms with van der Waals surface area (Å²) < 4.78 is 2.20. The van der Waals surface area contributed by atoms with Gasteiger partial charge >= 0.3 is 5.97 Å². The van der Waals surface area contributed by atoms with Crippen molar-refractivity contribution in [1.82, 2.24) is 24.8 Å². The van der Waals surface area contributed by atoms with Crippen molar-refractivity contribution < 1.29 is 19.8 Å². The number of hydrogen-bond donors (Lipinski definition) is 5. The molecule has 10 heteroatoms. The largest absolute Gasteiger partial charge is 0.508 e. The lowest BCUT2D eigenvalue weighted by atomic mass is 9.95. The van der Waals surface area contributed by atoms with Crippen molar-refractivity contribution in [2.24, 2.45) is 0 Å². The Morgan fingerprint density at radius 2 is 1.82 bits per heavy atom. The Hall–Kier alpha value is -4.86. The number of phenolic OH excluding ortho intramolecular Hbond substituents is 1. The monoisotopic (exact) mass is 525 g/mol. The van der Waals surface area contributed by atoms with Gasteiger partial charge in [-0.1, -0.05) is 19.3 Å². The molecule has 1 atom stereocenters. The van der Waals surface area contributed by atoms with Gasteiger partial charge in [-0.3, -0.25) is 9.59 Å². The Bertz CT molecular complexity index is 1760. The zero-order valence-electron chi connectivity index (χ0n) is 21.0. The molecule has 3 aromatic heterocycles. The third-order valence-electron chi connectivity index (χ3n) is 7.46. The molecule has 1 saturated carbocycles. The van der Waals surface area contributed by atoms with Crippen LogP contribution < -0.4 is 10.9 Å². The Balaban J connectivity index is 1.37. The van der Waals surface area contributed by atoms with Crippen LogP contribution in [0.2, 0.25) is 0 Å². The minimum atomic E-state index is -1.33. The Morgan fingerprint density at radius 1 is 1.00 bits per heavy atom. The Morgan fingerprint density at radius 3 is 2.56 bits per heavy atom. The van der Waals surface area contributed by atoms with Crippen LogP contribution in [0, 0.1) is 0 Å². The number of benzene rings is 2. The molecule has 0 radical (unpaired) electrons. The molecule has 0 bridgehead atoms. The van der Waals surface area contributed by atoms with Gasteiger partial charge in [-0.15, -0.1) is 0 Å². The van der Waals surface area contributed by atoms with Crippen molar-refractivity contribution in [2.45, 2.75) is 44.2 Å². The molecule has 5 N–H and O–H groups in total. The van der Waals surface area contributed by atoms with Gasteiger partial charge in [0.15, 0.2) is 6.04 Å². The van der Waals surface area contributed by atoms with Gasteiger partial charge in [0.05, 0.1) is 11.0 Å². The lowest BCUT2D eigenvalue weighted by Crippen LogP contribution is -2.33. The molecule has 0 aliphatic heterocycles. The third-order valence-corrected chi connectivity index (χ3v) is 7.46. The van der Waals surface area contributed by atoms with E-state index in [0.29, 0.717) is 27.8 Å². The molecule has 2 aromatic carbocycles. The molecule has 1 amide bonds. The average molecular weight is 526 g/mol. The van der Waals surface area contributed by atoms with E-state index in [1.54, 1.807) is 30.5 Å². The predicted octanol–water partition coefficient (Wildman–Crippen LogP) is 4.64. The smallest absolute Gasteiger partial charge is 0.331 e. The minimum Gasteiger partial charge on any atom is -0.508 e. The first-order valence-electron chi connectivity index (χ1n) is 12.9. The van der Waals surface area contributed by atoms with Gasteiger partial charge in [-0.25, -0.2) is 9.78 Å². The van der Waals surface area contributed by atoms with Crippen molar-refractivity contribution in [3.63, 3.8) is 0 Å². The first kappa shape index (κ1) is 24.5. The predicted molar refractivity (Wildman–Crippen MR) is 146 cm³/mol. The maximum absolute atomic E-state index is 13.3. The third kappa shape index (κ3) is 4.54. The number of carbonyl (C=O) groups is 2. The van der Waals surface area contributed by atoms with Crippen LogP contribution in [0.15, 0.2) is 65.7 Å². The summed E-state index contributed by atoms with van der Waals surface area (Å²) in [7, 11) is 0. The highest BCUT2D eigenvalue weighted by Gasteiger charge is 2.27. The number of aromatic nitrogens is 4. The summed E-state index contributed by atoms with van der Waals surface area (Å²) in [4.78, 5) is 47.7. The van der Waals surface area contributed by atoms with Crippen molar-refractivity contribution in [1.29, 1.82) is 0 Å². The number of fused-ring (bicyclic) bond motifs is 2. The number of imidazole rings is 1. The van der Waals surface area contributed by atoms with Crippen LogP contribution >= 0.6 is 0 Å². The lowest BCUT2D eigenvalue weighted by Gasteiger charge is -2.25. The Labute approximate surface area is 222 Å². The summed E-state index contributed by atoms with van der Waals surface area (Å²) in [5.74, 6) is -1.07. The fourth-order valence-corrected chi connectivity index (χ4v) is 5.56. The highest BCUT2D eigenvalue weighted by molar-refractivity contribution is 6.01.